The Hall–Kier alpha value is -0.900. The van der Waals surface area contributed by atoms with Gasteiger partial charge >= 0.3 is 0 Å². The number of rotatable bonds is 7. The molecular formula is C12H21FO3. The summed E-state index contributed by atoms with van der Waals surface area (Å²) in [5.74, 6) is 0.257. The van der Waals surface area contributed by atoms with Gasteiger partial charge in [0.25, 0.3) is 0 Å². The minimum Gasteiger partial charge on any atom is -0.495 e. The van der Waals surface area contributed by atoms with Crippen LogP contribution in [-0.4, -0.2) is 29.3 Å². The number of ketones is 1. The van der Waals surface area contributed by atoms with Gasteiger partial charge in [-0.05, 0) is 33.3 Å². The SMILES string of the molecule is CC/C(=C\CC(C)F)OC[C@](C)(O)C(C)=O. The zero-order valence-electron chi connectivity index (χ0n) is 10.4. The number of carbonyl (C=O) groups excluding carboxylic acids is 1. The highest BCUT2D eigenvalue weighted by atomic mass is 19.1. The van der Waals surface area contributed by atoms with Crippen molar-refractivity contribution in [3.05, 3.63) is 11.8 Å². The number of alkyl halides is 1. The molecule has 1 N–H and O–H groups in total. The first-order valence-corrected chi connectivity index (χ1v) is 5.49. The van der Waals surface area contributed by atoms with E-state index < -0.39 is 11.8 Å². The Labute approximate surface area is 96.3 Å². The smallest absolute Gasteiger partial charge is 0.164 e. The fourth-order valence-electron chi connectivity index (χ4n) is 0.934. The van der Waals surface area contributed by atoms with Gasteiger partial charge in [-0.2, -0.15) is 0 Å². The molecule has 0 saturated carbocycles. The predicted octanol–water partition coefficient (Wildman–Crippen LogP) is 2.39. The van der Waals surface area contributed by atoms with Crippen LogP contribution in [0.3, 0.4) is 0 Å². The van der Waals surface area contributed by atoms with Crippen molar-refractivity contribution < 1.29 is 19.0 Å². The molecule has 0 bridgehead atoms. The lowest BCUT2D eigenvalue weighted by atomic mass is 10.0. The lowest BCUT2D eigenvalue weighted by Gasteiger charge is -2.21. The molecule has 0 fully saturated rings. The average Bonchev–Trinajstić information content (AvgIpc) is 2.17. The van der Waals surface area contributed by atoms with Gasteiger partial charge in [0.1, 0.15) is 12.8 Å². The minimum atomic E-state index is -1.48. The molecule has 0 amide bonds. The highest BCUT2D eigenvalue weighted by molar-refractivity contribution is 5.84. The number of Topliss-reactive ketones (excluding diaryl/α,β-unsaturated/α-hetero) is 1. The van der Waals surface area contributed by atoms with Crippen LogP contribution in [0.1, 0.15) is 40.5 Å². The third kappa shape index (κ3) is 5.85. The summed E-state index contributed by atoms with van der Waals surface area (Å²) in [4.78, 5) is 11.0. The Balaban J connectivity index is 4.25. The minimum absolute atomic E-state index is 0.0946. The van der Waals surface area contributed by atoms with Crippen LogP contribution in [0.2, 0.25) is 0 Å². The summed E-state index contributed by atoms with van der Waals surface area (Å²) in [7, 11) is 0. The molecule has 0 aromatic heterocycles. The van der Waals surface area contributed by atoms with E-state index in [1.807, 2.05) is 6.92 Å². The molecule has 94 valence electrons. The monoisotopic (exact) mass is 232 g/mol. The van der Waals surface area contributed by atoms with Gasteiger partial charge in [0.05, 0.1) is 5.76 Å². The molecule has 0 saturated heterocycles. The van der Waals surface area contributed by atoms with E-state index in [0.29, 0.717) is 12.2 Å². The normalized spacial score (nSPS) is 17.8. The third-order valence-electron chi connectivity index (χ3n) is 2.32. The van der Waals surface area contributed by atoms with Gasteiger partial charge < -0.3 is 9.84 Å². The van der Waals surface area contributed by atoms with Crippen molar-refractivity contribution in [3.63, 3.8) is 0 Å². The number of halogens is 1. The highest BCUT2D eigenvalue weighted by Crippen LogP contribution is 2.12. The summed E-state index contributed by atoms with van der Waals surface area (Å²) >= 11 is 0. The quantitative estimate of drug-likeness (QED) is 0.685. The average molecular weight is 232 g/mol. The van der Waals surface area contributed by atoms with E-state index in [2.05, 4.69) is 0 Å². The largest absolute Gasteiger partial charge is 0.495 e. The molecule has 0 rings (SSSR count). The second-order valence-electron chi connectivity index (χ2n) is 4.16. The van der Waals surface area contributed by atoms with Crippen molar-refractivity contribution in [1.29, 1.82) is 0 Å². The second-order valence-corrected chi connectivity index (χ2v) is 4.16. The summed E-state index contributed by atoms with van der Waals surface area (Å²) in [5.41, 5.74) is -1.48. The number of carbonyl (C=O) groups is 1. The van der Waals surface area contributed by atoms with Gasteiger partial charge in [0.15, 0.2) is 11.4 Å². The summed E-state index contributed by atoms with van der Waals surface area (Å²) in [5, 5.41) is 9.64. The number of hydrogen-bond donors (Lipinski definition) is 1. The Kier molecular flexibility index (Phi) is 6.26. The van der Waals surface area contributed by atoms with E-state index in [4.69, 9.17) is 4.74 Å². The first-order valence-electron chi connectivity index (χ1n) is 5.49. The summed E-state index contributed by atoms with van der Waals surface area (Å²) in [6, 6.07) is 0. The zero-order chi connectivity index (χ0) is 12.8. The molecule has 1 unspecified atom stereocenters. The summed E-state index contributed by atoms with van der Waals surface area (Å²) in [6.07, 6.45) is 1.63. The van der Waals surface area contributed by atoms with Crippen LogP contribution in [0.25, 0.3) is 0 Å². The van der Waals surface area contributed by atoms with Crippen LogP contribution >= 0.6 is 0 Å². The van der Waals surface area contributed by atoms with E-state index >= 15 is 0 Å². The summed E-state index contributed by atoms with van der Waals surface area (Å²) in [6.45, 7) is 5.96. The molecule has 16 heavy (non-hydrogen) atoms. The Morgan fingerprint density at radius 2 is 2.19 bits per heavy atom. The molecule has 0 aliphatic heterocycles. The topological polar surface area (TPSA) is 46.5 Å². The van der Waals surface area contributed by atoms with E-state index in [-0.39, 0.29) is 18.8 Å². The van der Waals surface area contributed by atoms with Gasteiger partial charge in [0.2, 0.25) is 0 Å². The van der Waals surface area contributed by atoms with Gasteiger partial charge in [-0.3, -0.25) is 4.79 Å². The van der Waals surface area contributed by atoms with Gasteiger partial charge in [-0.1, -0.05) is 6.92 Å². The van der Waals surface area contributed by atoms with Gasteiger partial charge in [-0.15, -0.1) is 0 Å². The molecule has 0 aliphatic carbocycles. The first kappa shape index (κ1) is 15.1. The van der Waals surface area contributed by atoms with Crippen LogP contribution < -0.4 is 0 Å². The number of aliphatic hydroxyl groups is 1. The molecule has 0 aliphatic rings. The van der Waals surface area contributed by atoms with Crippen LogP contribution in [0, 0.1) is 0 Å². The standard InChI is InChI=1S/C12H21FO3/c1-5-11(7-6-9(2)13)16-8-12(4,15)10(3)14/h7,9,15H,5-6,8H2,1-4H3/b11-7+/t9?,12-/m0/s1. The highest BCUT2D eigenvalue weighted by Gasteiger charge is 2.27. The lowest BCUT2D eigenvalue weighted by Crippen LogP contribution is -2.38. The maximum absolute atomic E-state index is 12.6. The first-order chi connectivity index (χ1) is 7.29. The van der Waals surface area contributed by atoms with Crippen molar-refractivity contribution in [2.75, 3.05) is 6.61 Å². The zero-order valence-corrected chi connectivity index (χ0v) is 10.4. The predicted molar refractivity (Wildman–Crippen MR) is 60.8 cm³/mol. The van der Waals surface area contributed by atoms with Crippen molar-refractivity contribution in [2.24, 2.45) is 0 Å². The maximum atomic E-state index is 12.6. The molecule has 0 radical (unpaired) electrons. The third-order valence-corrected chi connectivity index (χ3v) is 2.32. The molecular weight excluding hydrogens is 211 g/mol. The number of allylic oxidation sites excluding steroid dienone is 2. The molecule has 0 heterocycles. The van der Waals surface area contributed by atoms with Gasteiger partial charge in [-0.25, -0.2) is 4.39 Å². The Morgan fingerprint density at radius 1 is 1.62 bits per heavy atom. The van der Waals surface area contributed by atoms with Crippen molar-refractivity contribution >= 4 is 5.78 Å². The fraction of sp³-hybridized carbons (Fsp3) is 0.750. The molecule has 0 aromatic rings. The molecule has 4 heteroatoms. The maximum Gasteiger partial charge on any atom is 0.164 e. The van der Waals surface area contributed by atoms with Crippen LogP contribution in [0.4, 0.5) is 4.39 Å². The fourth-order valence-corrected chi connectivity index (χ4v) is 0.934. The second kappa shape index (κ2) is 6.63. The molecule has 0 aromatic carbocycles. The van der Waals surface area contributed by atoms with Crippen molar-refractivity contribution in [2.45, 2.75) is 52.3 Å². The summed E-state index contributed by atoms with van der Waals surface area (Å²) < 4.78 is 17.9. The molecule has 2 atom stereocenters. The van der Waals surface area contributed by atoms with Crippen molar-refractivity contribution in [3.8, 4) is 0 Å². The van der Waals surface area contributed by atoms with E-state index in [1.165, 1.54) is 20.8 Å². The van der Waals surface area contributed by atoms with E-state index in [9.17, 15) is 14.3 Å². The lowest BCUT2D eigenvalue weighted by molar-refractivity contribution is -0.137. The number of hydrogen-bond acceptors (Lipinski definition) is 3. The number of ether oxygens (including phenoxy) is 1. The van der Waals surface area contributed by atoms with Crippen LogP contribution in [-0.2, 0) is 9.53 Å². The van der Waals surface area contributed by atoms with Crippen LogP contribution in [0.15, 0.2) is 11.8 Å². The van der Waals surface area contributed by atoms with E-state index in [1.54, 1.807) is 6.08 Å². The molecule has 3 nitrogen and oxygen atoms in total. The van der Waals surface area contributed by atoms with Crippen LogP contribution in [0.5, 0.6) is 0 Å². The van der Waals surface area contributed by atoms with E-state index in [0.717, 1.165) is 0 Å². The van der Waals surface area contributed by atoms with Crippen molar-refractivity contribution in [1.82, 2.24) is 0 Å². The Bertz CT molecular complexity index is 257. The van der Waals surface area contributed by atoms with Gasteiger partial charge in [0, 0.05) is 6.42 Å². The Morgan fingerprint density at radius 3 is 2.56 bits per heavy atom. The molecule has 0 spiro atoms.